The average Bonchev–Trinajstić information content (AvgIpc) is 3.12. The molecular weight excluding hydrogens is 622 g/mol. The first-order valence-electron chi connectivity index (χ1n) is 22.1. The second-order valence-electron chi connectivity index (χ2n) is 15.4. The van der Waals surface area contributed by atoms with Gasteiger partial charge in [-0.15, -0.1) is 0 Å². The molecule has 298 valence electrons. The maximum Gasteiger partial charge on any atom is 0.249 e. The Bertz CT molecular complexity index is 717. The molecule has 6 nitrogen and oxygen atoms in total. The Morgan fingerprint density at radius 2 is 0.800 bits per heavy atom. The number of amides is 1. The number of rotatable bonds is 40. The van der Waals surface area contributed by atoms with Crippen LogP contribution in [0.25, 0.3) is 0 Å². The van der Waals surface area contributed by atoms with Crippen LogP contribution in [0.4, 0.5) is 0 Å². The largest absolute Gasteiger partial charge is 0.394 e. The maximum absolute atomic E-state index is 12.4. The Kier molecular flexibility index (Phi) is 38.5. The molecule has 0 heterocycles. The van der Waals surface area contributed by atoms with Crippen molar-refractivity contribution < 1.29 is 25.2 Å². The van der Waals surface area contributed by atoms with Crippen molar-refractivity contribution in [2.75, 3.05) is 6.61 Å². The molecule has 0 rings (SSSR count). The molecule has 0 saturated heterocycles. The first-order valence-corrected chi connectivity index (χ1v) is 22.1. The van der Waals surface area contributed by atoms with E-state index < -0.39 is 36.9 Å². The topological polar surface area (TPSA) is 110 Å². The molecule has 0 aromatic rings. The highest BCUT2D eigenvalue weighted by Gasteiger charge is 2.28. The van der Waals surface area contributed by atoms with E-state index >= 15 is 0 Å². The zero-order valence-electron chi connectivity index (χ0n) is 33.4. The lowest BCUT2D eigenvalue weighted by Crippen LogP contribution is -2.53. The Hall–Kier alpha value is -0.950. The van der Waals surface area contributed by atoms with E-state index in [-0.39, 0.29) is 0 Å². The number of carbonyl (C=O) groups is 1. The Balaban J connectivity index is 3.66. The van der Waals surface area contributed by atoms with E-state index in [0.29, 0.717) is 12.8 Å². The van der Waals surface area contributed by atoms with Crippen LogP contribution in [-0.2, 0) is 4.79 Å². The van der Waals surface area contributed by atoms with Gasteiger partial charge in [-0.1, -0.05) is 206 Å². The maximum atomic E-state index is 12.4. The van der Waals surface area contributed by atoms with E-state index in [1.807, 2.05) is 0 Å². The first-order chi connectivity index (χ1) is 24.5. The minimum absolute atomic E-state index is 0.356. The summed E-state index contributed by atoms with van der Waals surface area (Å²) in [6.45, 7) is 4.02. The summed E-state index contributed by atoms with van der Waals surface area (Å²) in [6.07, 6.45) is 42.5. The smallest absolute Gasteiger partial charge is 0.249 e. The van der Waals surface area contributed by atoms with E-state index in [0.717, 1.165) is 57.8 Å². The number of aliphatic hydroxyl groups excluding tert-OH is 4. The number of nitrogens with one attached hydrogen (secondary N) is 1. The van der Waals surface area contributed by atoms with Gasteiger partial charge >= 0.3 is 0 Å². The van der Waals surface area contributed by atoms with Crippen molar-refractivity contribution in [3.05, 3.63) is 12.2 Å². The zero-order chi connectivity index (χ0) is 36.8. The van der Waals surface area contributed by atoms with Gasteiger partial charge in [-0.25, -0.2) is 0 Å². The van der Waals surface area contributed by atoms with Crippen LogP contribution in [0.3, 0.4) is 0 Å². The number of aliphatic hydroxyl groups is 4. The van der Waals surface area contributed by atoms with Gasteiger partial charge in [-0.2, -0.15) is 0 Å². The molecule has 5 N–H and O–H groups in total. The minimum atomic E-state index is -1.26. The van der Waals surface area contributed by atoms with Crippen molar-refractivity contribution in [3.8, 4) is 0 Å². The highest BCUT2D eigenvalue weighted by molar-refractivity contribution is 5.80. The van der Waals surface area contributed by atoms with Gasteiger partial charge in [0.05, 0.1) is 18.8 Å². The molecule has 0 aliphatic heterocycles. The van der Waals surface area contributed by atoms with Gasteiger partial charge < -0.3 is 25.7 Å². The van der Waals surface area contributed by atoms with Crippen LogP contribution in [0.15, 0.2) is 12.2 Å². The molecule has 0 aromatic carbocycles. The molecule has 0 bridgehead atoms. The Labute approximate surface area is 311 Å². The first kappa shape index (κ1) is 49.0. The number of hydrogen-bond acceptors (Lipinski definition) is 5. The molecule has 0 aromatic heterocycles. The molecule has 0 fully saturated rings. The van der Waals surface area contributed by atoms with E-state index in [2.05, 4.69) is 31.3 Å². The monoisotopic (exact) mass is 710 g/mol. The van der Waals surface area contributed by atoms with Gasteiger partial charge in [0.25, 0.3) is 0 Å². The molecule has 4 atom stereocenters. The van der Waals surface area contributed by atoms with E-state index in [1.165, 1.54) is 148 Å². The molecule has 6 heteroatoms. The summed E-state index contributed by atoms with van der Waals surface area (Å²) < 4.78 is 0. The second-order valence-corrected chi connectivity index (χ2v) is 15.4. The number of carbonyl (C=O) groups excluding carboxylic acids is 1. The summed E-state index contributed by atoms with van der Waals surface area (Å²) in [5, 5.41) is 43.6. The van der Waals surface area contributed by atoms with Crippen LogP contribution >= 0.6 is 0 Å². The lowest BCUT2D eigenvalue weighted by molar-refractivity contribution is -0.132. The van der Waals surface area contributed by atoms with Crippen LogP contribution in [0, 0.1) is 0 Å². The van der Waals surface area contributed by atoms with E-state index in [4.69, 9.17) is 0 Å². The summed E-state index contributed by atoms with van der Waals surface area (Å²) >= 11 is 0. The predicted molar refractivity (Wildman–Crippen MR) is 215 cm³/mol. The molecule has 4 unspecified atom stereocenters. The number of unbranched alkanes of at least 4 members (excludes halogenated alkanes) is 29. The SMILES string of the molecule is CCCCC/C=C\CCCCCCC(O)C(=O)NC(CO)C(O)C(O)CCCCCCCCCCCCCCCCCCCCCCCCC. The van der Waals surface area contributed by atoms with Crippen LogP contribution in [0.1, 0.15) is 232 Å². The van der Waals surface area contributed by atoms with Crippen molar-refractivity contribution >= 4 is 5.91 Å². The third-order valence-corrected chi connectivity index (χ3v) is 10.5. The molecule has 0 saturated carbocycles. The fourth-order valence-corrected chi connectivity index (χ4v) is 6.93. The minimum Gasteiger partial charge on any atom is -0.394 e. The highest BCUT2D eigenvalue weighted by atomic mass is 16.3. The van der Waals surface area contributed by atoms with Gasteiger partial charge in [0, 0.05) is 0 Å². The van der Waals surface area contributed by atoms with Crippen molar-refractivity contribution in [1.29, 1.82) is 0 Å². The van der Waals surface area contributed by atoms with Gasteiger partial charge in [-0.05, 0) is 38.5 Å². The fraction of sp³-hybridized carbons (Fsp3) is 0.932. The predicted octanol–water partition coefficient (Wildman–Crippen LogP) is 11.4. The van der Waals surface area contributed by atoms with Gasteiger partial charge in [-0.3, -0.25) is 4.79 Å². The normalized spacial score (nSPS) is 14.3. The van der Waals surface area contributed by atoms with Crippen LogP contribution in [-0.4, -0.2) is 57.3 Å². The lowest BCUT2D eigenvalue weighted by Gasteiger charge is -2.27. The molecular formula is C44H87NO5. The van der Waals surface area contributed by atoms with Crippen LogP contribution in [0.5, 0.6) is 0 Å². The van der Waals surface area contributed by atoms with Gasteiger partial charge in [0.1, 0.15) is 12.2 Å². The summed E-state index contributed by atoms with van der Waals surface area (Å²) in [7, 11) is 0. The summed E-state index contributed by atoms with van der Waals surface area (Å²) in [5.74, 6) is -0.593. The van der Waals surface area contributed by atoms with Crippen molar-refractivity contribution in [3.63, 3.8) is 0 Å². The summed E-state index contributed by atoms with van der Waals surface area (Å²) in [4.78, 5) is 12.4. The van der Waals surface area contributed by atoms with Crippen molar-refractivity contribution in [2.45, 2.75) is 257 Å². The lowest BCUT2D eigenvalue weighted by atomic mass is 9.99. The molecule has 1 amide bonds. The molecule has 0 spiro atoms. The number of allylic oxidation sites excluding steroid dienone is 2. The third-order valence-electron chi connectivity index (χ3n) is 10.5. The summed E-state index contributed by atoms with van der Waals surface area (Å²) in [6, 6.07) is -0.985. The molecule has 0 radical (unpaired) electrons. The molecule has 0 aliphatic rings. The fourth-order valence-electron chi connectivity index (χ4n) is 6.93. The molecule has 0 aliphatic carbocycles. The quantitative estimate of drug-likeness (QED) is 0.0321. The van der Waals surface area contributed by atoms with Crippen LogP contribution in [0.2, 0.25) is 0 Å². The van der Waals surface area contributed by atoms with Gasteiger partial charge in [0.15, 0.2) is 0 Å². The van der Waals surface area contributed by atoms with Crippen LogP contribution < -0.4 is 5.32 Å². The standard InChI is InChI=1S/C44H87NO5/c1-3-5-7-9-11-13-15-16-17-18-19-20-21-22-23-24-25-26-28-29-31-33-35-37-41(47)43(49)40(39-46)45-44(50)42(48)38-36-34-32-30-27-14-12-10-8-6-4-2/h12,14,40-43,46-49H,3-11,13,15-39H2,1-2H3,(H,45,50)/b14-12-. The highest BCUT2D eigenvalue weighted by Crippen LogP contribution is 2.17. The third kappa shape index (κ3) is 32.9. The van der Waals surface area contributed by atoms with E-state index in [9.17, 15) is 25.2 Å². The Morgan fingerprint density at radius 3 is 1.20 bits per heavy atom. The summed E-state index contributed by atoms with van der Waals surface area (Å²) in [5.41, 5.74) is 0. The Morgan fingerprint density at radius 1 is 0.480 bits per heavy atom. The second kappa shape index (κ2) is 39.3. The van der Waals surface area contributed by atoms with Crippen molar-refractivity contribution in [2.24, 2.45) is 0 Å². The molecule has 50 heavy (non-hydrogen) atoms. The zero-order valence-corrected chi connectivity index (χ0v) is 33.4. The number of hydrogen-bond donors (Lipinski definition) is 5. The van der Waals surface area contributed by atoms with Crippen molar-refractivity contribution in [1.82, 2.24) is 5.32 Å². The van der Waals surface area contributed by atoms with E-state index in [1.54, 1.807) is 0 Å². The van der Waals surface area contributed by atoms with Gasteiger partial charge in [0.2, 0.25) is 5.91 Å². The average molecular weight is 710 g/mol.